The predicted molar refractivity (Wildman–Crippen MR) is 67.3 cm³/mol. The standard InChI is InChI=1S/C12H18N4O/c1-4-17-10(3)7-13-12-14-11-6-5-9(2)8-16(11)15-12/h5-6,8,10H,4,7H2,1-3H3,(H,13,15). The van der Waals surface area contributed by atoms with Crippen molar-refractivity contribution >= 4 is 11.6 Å². The number of anilines is 1. The Morgan fingerprint density at radius 1 is 1.47 bits per heavy atom. The number of aryl methyl sites for hydroxylation is 1. The summed E-state index contributed by atoms with van der Waals surface area (Å²) in [6, 6.07) is 3.98. The maximum absolute atomic E-state index is 5.43. The third-order valence-electron chi connectivity index (χ3n) is 2.48. The lowest BCUT2D eigenvalue weighted by atomic mass is 10.3. The summed E-state index contributed by atoms with van der Waals surface area (Å²) in [5.41, 5.74) is 2.01. The Hall–Kier alpha value is -1.62. The van der Waals surface area contributed by atoms with Crippen LogP contribution in [-0.2, 0) is 4.74 Å². The van der Waals surface area contributed by atoms with Gasteiger partial charge in [0, 0.05) is 19.3 Å². The number of pyridine rings is 1. The number of rotatable bonds is 5. The fraction of sp³-hybridized carbons (Fsp3) is 0.500. The van der Waals surface area contributed by atoms with Gasteiger partial charge in [0.05, 0.1) is 6.10 Å². The van der Waals surface area contributed by atoms with Crippen LogP contribution in [0.15, 0.2) is 18.3 Å². The van der Waals surface area contributed by atoms with Gasteiger partial charge in [-0.25, -0.2) is 4.52 Å². The summed E-state index contributed by atoms with van der Waals surface area (Å²) in [5.74, 6) is 0.641. The fourth-order valence-electron chi connectivity index (χ4n) is 1.64. The molecular formula is C12H18N4O. The van der Waals surface area contributed by atoms with Crippen LogP contribution in [0.25, 0.3) is 5.65 Å². The average molecular weight is 234 g/mol. The molecule has 0 aliphatic carbocycles. The van der Waals surface area contributed by atoms with E-state index in [0.29, 0.717) is 12.5 Å². The Balaban J connectivity index is 2.04. The molecule has 0 fully saturated rings. The highest BCUT2D eigenvalue weighted by Crippen LogP contribution is 2.07. The van der Waals surface area contributed by atoms with E-state index in [9.17, 15) is 0 Å². The van der Waals surface area contributed by atoms with Crippen LogP contribution < -0.4 is 5.32 Å². The minimum absolute atomic E-state index is 0.161. The third-order valence-corrected chi connectivity index (χ3v) is 2.48. The van der Waals surface area contributed by atoms with Crippen molar-refractivity contribution < 1.29 is 4.74 Å². The van der Waals surface area contributed by atoms with Crippen LogP contribution in [0.2, 0.25) is 0 Å². The van der Waals surface area contributed by atoms with Crippen molar-refractivity contribution in [2.24, 2.45) is 0 Å². The highest BCUT2D eigenvalue weighted by atomic mass is 16.5. The van der Waals surface area contributed by atoms with Crippen LogP contribution in [-0.4, -0.2) is 33.9 Å². The Morgan fingerprint density at radius 2 is 2.29 bits per heavy atom. The van der Waals surface area contributed by atoms with Crippen molar-refractivity contribution in [2.45, 2.75) is 26.9 Å². The highest BCUT2D eigenvalue weighted by Gasteiger charge is 2.05. The fourth-order valence-corrected chi connectivity index (χ4v) is 1.64. The Morgan fingerprint density at radius 3 is 3.06 bits per heavy atom. The zero-order valence-corrected chi connectivity index (χ0v) is 10.5. The van der Waals surface area contributed by atoms with Gasteiger partial charge in [0.25, 0.3) is 0 Å². The predicted octanol–water partition coefficient (Wildman–Crippen LogP) is 1.87. The zero-order valence-electron chi connectivity index (χ0n) is 10.5. The quantitative estimate of drug-likeness (QED) is 0.858. The van der Waals surface area contributed by atoms with Crippen LogP contribution >= 0.6 is 0 Å². The van der Waals surface area contributed by atoms with Crippen molar-refractivity contribution in [3.05, 3.63) is 23.9 Å². The number of nitrogens with zero attached hydrogens (tertiary/aromatic N) is 3. The second kappa shape index (κ2) is 5.14. The van der Waals surface area contributed by atoms with Gasteiger partial charge in [-0.1, -0.05) is 6.07 Å². The summed E-state index contributed by atoms with van der Waals surface area (Å²) in [4.78, 5) is 4.37. The maximum atomic E-state index is 5.43. The molecule has 0 aliphatic rings. The van der Waals surface area contributed by atoms with Crippen molar-refractivity contribution in [1.82, 2.24) is 14.6 Å². The molecule has 0 aromatic carbocycles. The Labute approximate surface area is 101 Å². The molecule has 0 bridgehead atoms. The van der Waals surface area contributed by atoms with E-state index in [1.807, 2.05) is 39.1 Å². The lowest BCUT2D eigenvalue weighted by Gasteiger charge is -2.10. The number of aromatic nitrogens is 3. The topological polar surface area (TPSA) is 51.5 Å². The smallest absolute Gasteiger partial charge is 0.243 e. The molecule has 5 heteroatoms. The Kier molecular flexibility index (Phi) is 3.58. The normalized spacial score (nSPS) is 12.9. The van der Waals surface area contributed by atoms with Crippen LogP contribution in [0.3, 0.4) is 0 Å². The molecule has 0 aliphatic heterocycles. The van der Waals surface area contributed by atoms with Gasteiger partial charge in [0.2, 0.25) is 5.95 Å². The van der Waals surface area contributed by atoms with Crippen LogP contribution in [0, 0.1) is 6.92 Å². The second-order valence-corrected chi connectivity index (χ2v) is 4.09. The molecule has 17 heavy (non-hydrogen) atoms. The first kappa shape index (κ1) is 11.9. The van der Waals surface area contributed by atoms with E-state index in [1.165, 1.54) is 0 Å². The number of nitrogens with one attached hydrogen (secondary N) is 1. The second-order valence-electron chi connectivity index (χ2n) is 4.09. The molecule has 1 unspecified atom stereocenters. The van der Waals surface area contributed by atoms with Crippen molar-refractivity contribution in [3.63, 3.8) is 0 Å². The van der Waals surface area contributed by atoms with Gasteiger partial charge in [-0.05, 0) is 32.4 Å². The zero-order chi connectivity index (χ0) is 12.3. The third kappa shape index (κ3) is 2.94. The SMILES string of the molecule is CCOC(C)CNc1nc2ccc(C)cn2n1. The number of fused-ring (bicyclic) bond motifs is 1. The van der Waals surface area contributed by atoms with Crippen molar-refractivity contribution in [1.29, 1.82) is 0 Å². The first-order chi connectivity index (χ1) is 8.19. The van der Waals surface area contributed by atoms with Gasteiger partial charge in [-0.3, -0.25) is 0 Å². The first-order valence-corrected chi connectivity index (χ1v) is 5.87. The van der Waals surface area contributed by atoms with Gasteiger partial charge >= 0.3 is 0 Å². The molecule has 0 saturated carbocycles. The molecule has 1 atom stereocenters. The largest absolute Gasteiger partial charge is 0.377 e. The van der Waals surface area contributed by atoms with Crippen LogP contribution in [0.1, 0.15) is 19.4 Å². The highest BCUT2D eigenvalue weighted by molar-refractivity contribution is 5.44. The molecule has 2 heterocycles. The molecule has 5 nitrogen and oxygen atoms in total. The summed E-state index contributed by atoms with van der Waals surface area (Å²) in [5, 5.41) is 7.51. The monoisotopic (exact) mass is 234 g/mol. The van der Waals surface area contributed by atoms with Crippen molar-refractivity contribution in [2.75, 3.05) is 18.5 Å². The van der Waals surface area contributed by atoms with Gasteiger partial charge in [-0.2, -0.15) is 4.98 Å². The number of ether oxygens (including phenoxy) is 1. The lowest BCUT2D eigenvalue weighted by Crippen LogP contribution is -2.20. The van der Waals surface area contributed by atoms with Gasteiger partial charge in [0.1, 0.15) is 0 Å². The lowest BCUT2D eigenvalue weighted by molar-refractivity contribution is 0.0854. The minimum Gasteiger partial charge on any atom is -0.377 e. The molecule has 0 amide bonds. The van der Waals surface area contributed by atoms with Crippen LogP contribution in [0.4, 0.5) is 5.95 Å². The van der Waals surface area contributed by atoms with Gasteiger partial charge in [0.15, 0.2) is 5.65 Å². The number of hydrogen-bond acceptors (Lipinski definition) is 4. The molecule has 1 N–H and O–H groups in total. The first-order valence-electron chi connectivity index (χ1n) is 5.87. The van der Waals surface area contributed by atoms with E-state index < -0.39 is 0 Å². The number of hydrogen-bond donors (Lipinski definition) is 1. The Bertz CT molecular complexity index is 494. The molecule has 0 spiro atoms. The van der Waals surface area contributed by atoms with E-state index in [0.717, 1.165) is 17.8 Å². The molecular weight excluding hydrogens is 216 g/mol. The molecule has 92 valence electrons. The van der Waals surface area contributed by atoms with Gasteiger partial charge < -0.3 is 10.1 Å². The molecule has 2 rings (SSSR count). The van der Waals surface area contributed by atoms with E-state index in [1.54, 1.807) is 4.52 Å². The molecule has 2 aromatic rings. The maximum Gasteiger partial charge on any atom is 0.243 e. The van der Waals surface area contributed by atoms with Crippen molar-refractivity contribution in [3.8, 4) is 0 Å². The molecule has 0 saturated heterocycles. The van der Waals surface area contributed by atoms with E-state index in [4.69, 9.17) is 4.74 Å². The minimum atomic E-state index is 0.161. The summed E-state index contributed by atoms with van der Waals surface area (Å²) in [6.45, 7) is 7.48. The van der Waals surface area contributed by atoms with E-state index in [-0.39, 0.29) is 6.10 Å². The van der Waals surface area contributed by atoms with Gasteiger partial charge in [-0.15, -0.1) is 5.10 Å². The summed E-state index contributed by atoms with van der Waals surface area (Å²) in [6.07, 6.45) is 2.12. The van der Waals surface area contributed by atoms with E-state index in [2.05, 4.69) is 15.4 Å². The average Bonchev–Trinajstić information content (AvgIpc) is 2.68. The summed E-state index contributed by atoms with van der Waals surface area (Å²) >= 11 is 0. The van der Waals surface area contributed by atoms with E-state index >= 15 is 0 Å². The summed E-state index contributed by atoms with van der Waals surface area (Å²) in [7, 11) is 0. The molecule has 0 radical (unpaired) electrons. The summed E-state index contributed by atoms with van der Waals surface area (Å²) < 4.78 is 7.21. The molecule has 2 aromatic heterocycles. The van der Waals surface area contributed by atoms with Crippen LogP contribution in [0.5, 0.6) is 0 Å².